The molecule has 0 fully saturated rings. The SMILES string of the molecule is O=[N+]([O-])c1cc(CNc2ccc(F)c(Cl)c2)ccc1Cl. The lowest BCUT2D eigenvalue weighted by Gasteiger charge is -2.07. The molecular weight excluding hydrogens is 306 g/mol. The lowest BCUT2D eigenvalue weighted by molar-refractivity contribution is -0.384. The van der Waals surface area contributed by atoms with Crippen LogP contribution < -0.4 is 5.32 Å². The largest absolute Gasteiger partial charge is 0.381 e. The number of hydrogen-bond acceptors (Lipinski definition) is 3. The van der Waals surface area contributed by atoms with Crippen LogP contribution in [0, 0.1) is 15.9 Å². The first kappa shape index (κ1) is 14.6. The summed E-state index contributed by atoms with van der Waals surface area (Å²) in [7, 11) is 0. The van der Waals surface area contributed by atoms with Gasteiger partial charge in [-0.2, -0.15) is 0 Å². The van der Waals surface area contributed by atoms with Crippen LogP contribution in [0.2, 0.25) is 10.0 Å². The Kier molecular flexibility index (Phi) is 4.42. The van der Waals surface area contributed by atoms with Gasteiger partial charge < -0.3 is 5.32 Å². The van der Waals surface area contributed by atoms with Gasteiger partial charge in [0.05, 0.1) is 9.95 Å². The molecule has 0 radical (unpaired) electrons. The van der Waals surface area contributed by atoms with Gasteiger partial charge in [0.2, 0.25) is 0 Å². The van der Waals surface area contributed by atoms with Crippen molar-refractivity contribution in [3.05, 3.63) is 67.9 Å². The molecule has 104 valence electrons. The van der Waals surface area contributed by atoms with E-state index in [9.17, 15) is 14.5 Å². The molecule has 0 aromatic heterocycles. The van der Waals surface area contributed by atoms with Crippen molar-refractivity contribution >= 4 is 34.6 Å². The van der Waals surface area contributed by atoms with Gasteiger partial charge in [-0.3, -0.25) is 10.1 Å². The van der Waals surface area contributed by atoms with Gasteiger partial charge in [0.15, 0.2) is 0 Å². The number of benzene rings is 2. The highest BCUT2D eigenvalue weighted by atomic mass is 35.5. The number of nitro groups is 1. The molecule has 2 aromatic carbocycles. The lowest BCUT2D eigenvalue weighted by Crippen LogP contribution is -2.00. The first-order chi connectivity index (χ1) is 9.47. The van der Waals surface area contributed by atoms with Gasteiger partial charge in [-0.1, -0.05) is 29.3 Å². The molecule has 0 saturated heterocycles. The van der Waals surface area contributed by atoms with E-state index in [-0.39, 0.29) is 15.7 Å². The Morgan fingerprint density at radius 1 is 1.15 bits per heavy atom. The second kappa shape index (κ2) is 6.07. The average Bonchev–Trinajstić information content (AvgIpc) is 2.41. The fourth-order valence-corrected chi connectivity index (χ4v) is 1.99. The van der Waals surface area contributed by atoms with Crippen molar-refractivity contribution in [3.8, 4) is 0 Å². The molecule has 0 bridgehead atoms. The Morgan fingerprint density at radius 2 is 1.90 bits per heavy atom. The molecule has 2 aromatic rings. The lowest BCUT2D eigenvalue weighted by atomic mass is 10.2. The Hall–Kier alpha value is -1.85. The minimum absolute atomic E-state index is 0.0112. The van der Waals surface area contributed by atoms with Crippen LogP contribution in [-0.2, 0) is 6.54 Å². The summed E-state index contributed by atoms with van der Waals surface area (Å²) in [6.45, 7) is 0.333. The summed E-state index contributed by atoms with van der Waals surface area (Å²) < 4.78 is 13.0. The normalized spacial score (nSPS) is 10.3. The van der Waals surface area contributed by atoms with Gasteiger partial charge in [-0.15, -0.1) is 0 Å². The van der Waals surface area contributed by atoms with Gasteiger partial charge in [-0.05, 0) is 29.8 Å². The zero-order chi connectivity index (χ0) is 14.7. The topological polar surface area (TPSA) is 55.2 Å². The summed E-state index contributed by atoms with van der Waals surface area (Å²) >= 11 is 11.4. The minimum Gasteiger partial charge on any atom is -0.381 e. The Labute approximate surface area is 124 Å². The number of nitrogens with zero attached hydrogens (tertiary/aromatic N) is 1. The molecule has 0 spiro atoms. The number of hydrogen-bond donors (Lipinski definition) is 1. The van der Waals surface area contributed by atoms with Gasteiger partial charge >= 0.3 is 0 Å². The van der Waals surface area contributed by atoms with E-state index in [1.807, 2.05) is 0 Å². The van der Waals surface area contributed by atoms with Crippen molar-refractivity contribution in [2.24, 2.45) is 0 Å². The van der Waals surface area contributed by atoms with E-state index in [4.69, 9.17) is 23.2 Å². The third-order valence-corrected chi connectivity index (χ3v) is 3.23. The summed E-state index contributed by atoms with van der Waals surface area (Å²) in [4.78, 5) is 10.2. The zero-order valence-electron chi connectivity index (χ0n) is 10.1. The maximum Gasteiger partial charge on any atom is 0.288 e. The van der Waals surface area contributed by atoms with E-state index < -0.39 is 10.7 Å². The molecular formula is C13H9Cl2FN2O2. The summed E-state index contributed by atoms with van der Waals surface area (Å²) in [6, 6.07) is 8.75. The van der Waals surface area contributed by atoms with E-state index in [0.717, 1.165) is 0 Å². The second-order valence-electron chi connectivity index (χ2n) is 4.03. The van der Waals surface area contributed by atoms with Crippen molar-refractivity contribution < 1.29 is 9.31 Å². The van der Waals surface area contributed by atoms with Gasteiger partial charge in [0.1, 0.15) is 10.8 Å². The van der Waals surface area contributed by atoms with Crippen molar-refractivity contribution in [1.29, 1.82) is 0 Å². The van der Waals surface area contributed by atoms with Gasteiger partial charge in [0.25, 0.3) is 5.69 Å². The summed E-state index contributed by atoms with van der Waals surface area (Å²) in [6.07, 6.45) is 0. The third kappa shape index (κ3) is 3.37. The van der Waals surface area contributed by atoms with Gasteiger partial charge in [-0.25, -0.2) is 4.39 Å². The fraction of sp³-hybridized carbons (Fsp3) is 0.0769. The van der Waals surface area contributed by atoms with Crippen LogP contribution in [-0.4, -0.2) is 4.92 Å². The summed E-state index contributed by atoms with van der Waals surface area (Å²) in [5.41, 5.74) is 1.15. The second-order valence-corrected chi connectivity index (χ2v) is 4.84. The molecule has 0 unspecified atom stereocenters. The van der Waals surface area contributed by atoms with E-state index in [2.05, 4.69) is 5.32 Å². The molecule has 0 saturated carbocycles. The number of halogens is 3. The maximum absolute atomic E-state index is 13.0. The molecule has 0 atom stereocenters. The van der Waals surface area contributed by atoms with Crippen LogP contribution in [0.5, 0.6) is 0 Å². The predicted molar refractivity (Wildman–Crippen MR) is 76.8 cm³/mol. The number of nitro benzene ring substituents is 1. The molecule has 0 amide bonds. The monoisotopic (exact) mass is 314 g/mol. The van der Waals surface area contributed by atoms with Crippen molar-refractivity contribution in [1.82, 2.24) is 0 Å². The molecule has 0 aliphatic rings. The van der Waals surface area contributed by atoms with Crippen molar-refractivity contribution in [3.63, 3.8) is 0 Å². The highest BCUT2D eigenvalue weighted by Gasteiger charge is 2.12. The molecule has 4 nitrogen and oxygen atoms in total. The van der Waals surface area contributed by atoms with Crippen LogP contribution >= 0.6 is 23.2 Å². The van der Waals surface area contributed by atoms with Crippen LogP contribution in [0.1, 0.15) is 5.56 Å². The van der Waals surface area contributed by atoms with Crippen molar-refractivity contribution in [2.45, 2.75) is 6.54 Å². The maximum atomic E-state index is 13.0. The number of rotatable bonds is 4. The zero-order valence-corrected chi connectivity index (χ0v) is 11.6. The van der Waals surface area contributed by atoms with Crippen LogP contribution in [0.3, 0.4) is 0 Å². The quantitative estimate of drug-likeness (QED) is 0.660. The first-order valence-corrected chi connectivity index (χ1v) is 6.34. The smallest absolute Gasteiger partial charge is 0.288 e. The molecule has 7 heteroatoms. The summed E-state index contributed by atoms with van der Waals surface area (Å²) in [5.74, 6) is -0.501. The van der Waals surface area contributed by atoms with E-state index in [1.165, 1.54) is 30.3 Å². The Morgan fingerprint density at radius 3 is 2.55 bits per heavy atom. The van der Waals surface area contributed by atoms with Crippen LogP contribution in [0.15, 0.2) is 36.4 Å². The van der Waals surface area contributed by atoms with Gasteiger partial charge in [0, 0.05) is 18.3 Å². The minimum atomic E-state index is -0.541. The number of nitrogens with one attached hydrogen (secondary N) is 1. The molecule has 0 aliphatic heterocycles. The number of anilines is 1. The summed E-state index contributed by atoms with van der Waals surface area (Å²) in [5, 5.41) is 13.9. The highest BCUT2D eigenvalue weighted by molar-refractivity contribution is 6.32. The van der Waals surface area contributed by atoms with E-state index >= 15 is 0 Å². The van der Waals surface area contributed by atoms with E-state index in [0.29, 0.717) is 17.8 Å². The van der Waals surface area contributed by atoms with Crippen molar-refractivity contribution in [2.75, 3.05) is 5.32 Å². The highest BCUT2D eigenvalue weighted by Crippen LogP contribution is 2.26. The molecule has 1 N–H and O–H groups in total. The standard InChI is InChI=1S/C13H9Cl2FN2O2/c14-10-3-1-8(5-13(10)18(19)20)7-17-9-2-4-12(16)11(15)6-9/h1-6,17H,7H2. The predicted octanol–water partition coefficient (Wildman–Crippen LogP) is 4.65. The first-order valence-electron chi connectivity index (χ1n) is 5.59. The Bertz CT molecular complexity index is 665. The molecule has 0 heterocycles. The molecule has 0 aliphatic carbocycles. The molecule has 2 rings (SSSR count). The fourth-order valence-electron chi connectivity index (χ4n) is 1.62. The third-order valence-electron chi connectivity index (χ3n) is 2.62. The van der Waals surface area contributed by atoms with Crippen LogP contribution in [0.4, 0.5) is 15.8 Å². The van der Waals surface area contributed by atoms with E-state index in [1.54, 1.807) is 6.07 Å². The average molecular weight is 315 g/mol. The van der Waals surface area contributed by atoms with Crippen LogP contribution in [0.25, 0.3) is 0 Å². The molecule has 20 heavy (non-hydrogen) atoms. The Balaban J connectivity index is 2.12.